The van der Waals surface area contributed by atoms with E-state index in [1.54, 1.807) is 11.9 Å². The molecule has 1 saturated heterocycles. The molecular formula is C22H25F3N4O3. The van der Waals surface area contributed by atoms with Gasteiger partial charge < -0.3 is 10.0 Å². The number of carbonyl (C=O) groups excluding carboxylic acids is 1. The lowest BCUT2D eigenvalue weighted by atomic mass is 10.00. The van der Waals surface area contributed by atoms with Crippen molar-refractivity contribution in [3.05, 3.63) is 45.7 Å². The number of nitrogens with zero attached hydrogens (tertiary/aromatic N) is 3. The molecule has 10 heteroatoms. The van der Waals surface area contributed by atoms with Gasteiger partial charge in [0.25, 0.3) is 5.56 Å². The van der Waals surface area contributed by atoms with Gasteiger partial charge in [-0.3, -0.25) is 14.7 Å². The third kappa shape index (κ3) is 4.21. The van der Waals surface area contributed by atoms with Crippen LogP contribution in [0.1, 0.15) is 43.9 Å². The first kappa shape index (κ1) is 23.4. The molecule has 0 aliphatic carbocycles. The number of hydrogen-bond donors (Lipinski definition) is 2. The molecule has 7 nitrogen and oxygen atoms in total. The van der Waals surface area contributed by atoms with Crippen LogP contribution in [-0.2, 0) is 11.0 Å². The molecule has 3 aromatic rings. The Labute approximate surface area is 182 Å². The number of amides is 1. The van der Waals surface area contributed by atoms with Crippen molar-refractivity contribution in [2.45, 2.75) is 45.8 Å². The van der Waals surface area contributed by atoms with Gasteiger partial charge in [-0.2, -0.15) is 13.2 Å². The lowest BCUT2D eigenvalue weighted by Gasteiger charge is -2.29. The number of piperidine rings is 1. The van der Waals surface area contributed by atoms with Crippen LogP contribution >= 0.6 is 0 Å². The van der Waals surface area contributed by atoms with Crippen LogP contribution in [0.2, 0.25) is 0 Å². The summed E-state index contributed by atoms with van der Waals surface area (Å²) >= 11 is 0. The number of aryl methyl sites for hydroxylation is 1. The summed E-state index contributed by atoms with van der Waals surface area (Å²) < 4.78 is 40.4. The number of fused-ring (bicyclic) bond motifs is 1. The first-order valence-electron chi connectivity index (χ1n) is 10.3. The Kier molecular flexibility index (Phi) is 6.34. The number of aromatic amines is 1. The van der Waals surface area contributed by atoms with Crippen LogP contribution in [0.15, 0.2) is 29.1 Å². The zero-order valence-electron chi connectivity index (χ0n) is 18.2. The summed E-state index contributed by atoms with van der Waals surface area (Å²) in [6.07, 6.45) is -3.73. The molecule has 1 amide bonds. The number of hydrogen-bond acceptors (Lipinski definition) is 4. The van der Waals surface area contributed by atoms with Gasteiger partial charge >= 0.3 is 6.18 Å². The molecule has 1 aliphatic heterocycles. The van der Waals surface area contributed by atoms with Gasteiger partial charge in [-0.15, -0.1) is 0 Å². The van der Waals surface area contributed by atoms with E-state index in [9.17, 15) is 27.9 Å². The number of benzene rings is 1. The van der Waals surface area contributed by atoms with E-state index in [4.69, 9.17) is 0 Å². The number of carbonyl (C=O) groups is 1. The number of H-pyrrole nitrogens is 1. The summed E-state index contributed by atoms with van der Waals surface area (Å²) in [5.74, 6) is -0.521. The maximum atomic E-state index is 13.0. The Balaban J connectivity index is 0.00000141. The van der Waals surface area contributed by atoms with Crippen LogP contribution in [-0.4, -0.2) is 44.3 Å². The average molecular weight is 450 g/mol. The van der Waals surface area contributed by atoms with E-state index in [0.29, 0.717) is 30.8 Å². The van der Waals surface area contributed by atoms with Gasteiger partial charge in [0.1, 0.15) is 5.75 Å². The summed E-state index contributed by atoms with van der Waals surface area (Å²) in [7, 11) is 1.68. The molecule has 0 spiro atoms. The van der Waals surface area contributed by atoms with Gasteiger partial charge in [-0.1, -0.05) is 13.8 Å². The van der Waals surface area contributed by atoms with Gasteiger partial charge in [0.05, 0.1) is 22.7 Å². The van der Waals surface area contributed by atoms with Gasteiger partial charge in [0, 0.05) is 25.6 Å². The lowest BCUT2D eigenvalue weighted by Crippen LogP contribution is -2.40. The summed E-state index contributed by atoms with van der Waals surface area (Å²) in [4.78, 5) is 30.4. The van der Waals surface area contributed by atoms with E-state index in [1.165, 1.54) is 23.7 Å². The van der Waals surface area contributed by atoms with Crippen molar-refractivity contribution in [2.75, 3.05) is 13.6 Å². The highest BCUT2D eigenvalue weighted by atomic mass is 19.4. The first-order valence-corrected chi connectivity index (χ1v) is 10.3. The van der Waals surface area contributed by atoms with Gasteiger partial charge in [-0.25, -0.2) is 9.67 Å². The number of phenolic OH excluding ortho intramolecular Hbond substituents is 1. The van der Waals surface area contributed by atoms with E-state index in [1.807, 2.05) is 13.8 Å². The second kappa shape index (κ2) is 8.68. The highest BCUT2D eigenvalue weighted by Crippen LogP contribution is 2.38. The summed E-state index contributed by atoms with van der Waals surface area (Å²) in [6.45, 7) is 5.84. The fourth-order valence-electron chi connectivity index (χ4n) is 3.87. The minimum atomic E-state index is -4.57. The van der Waals surface area contributed by atoms with Crippen LogP contribution in [0.4, 0.5) is 13.2 Å². The van der Waals surface area contributed by atoms with Gasteiger partial charge in [0.15, 0.2) is 5.65 Å². The molecule has 4 rings (SSSR count). The Morgan fingerprint density at radius 3 is 2.47 bits per heavy atom. The second-order valence-electron chi connectivity index (χ2n) is 7.53. The monoisotopic (exact) mass is 450 g/mol. The zero-order valence-corrected chi connectivity index (χ0v) is 18.2. The number of nitrogens with one attached hydrogen (secondary N) is 1. The van der Waals surface area contributed by atoms with Crippen molar-refractivity contribution in [1.29, 1.82) is 0 Å². The number of pyridine rings is 1. The first-order chi connectivity index (χ1) is 15.1. The van der Waals surface area contributed by atoms with Crippen LogP contribution in [0.5, 0.6) is 5.75 Å². The van der Waals surface area contributed by atoms with E-state index < -0.39 is 17.5 Å². The second-order valence-corrected chi connectivity index (χ2v) is 7.53. The normalized spacial score (nSPS) is 16.8. The molecule has 1 aromatic carbocycles. The molecule has 1 fully saturated rings. The molecule has 1 aliphatic rings. The molecule has 2 N–H and O–H groups in total. The molecule has 1 atom stereocenters. The van der Waals surface area contributed by atoms with Gasteiger partial charge in [-0.05, 0) is 43.2 Å². The SMILES string of the molecule is CC.Cc1cc(C(F)(F)F)cc(O)c1-c1ccc2c(=O)n(C3CCC(=O)N(C)C3)[nH]c2n1. The Morgan fingerprint density at radius 2 is 1.88 bits per heavy atom. The van der Waals surface area contributed by atoms with Crippen LogP contribution in [0.25, 0.3) is 22.3 Å². The topological polar surface area (TPSA) is 91.2 Å². The highest BCUT2D eigenvalue weighted by Gasteiger charge is 2.32. The molecule has 3 heterocycles. The minimum Gasteiger partial charge on any atom is -0.507 e. The molecule has 32 heavy (non-hydrogen) atoms. The molecule has 2 aromatic heterocycles. The van der Waals surface area contributed by atoms with Crippen molar-refractivity contribution in [1.82, 2.24) is 19.7 Å². The summed E-state index contributed by atoms with van der Waals surface area (Å²) in [5.41, 5.74) is -0.348. The molecular weight excluding hydrogens is 425 g/mol. The third-order valence-corrected chi connectivity index (χ3v) is 5.44. The predicted molar refractivity (Wildman–Crippen MR) is 114 cm³/mol. The smallest absolute Gasteiger partial charge is 0.416 e. The molecule has 0 saturated carbocycles. The number of likely N-dealkylation sites (N-methyl/N-ethyl adjacent to an activating group) is 1. The fraction of sp³-hybridized carbons (Fsp3) is 0.409. The predicted octanol–water partition coefficient (Wildman–Crippen LogP) is 4.24. The lowest BCUT2D eigenvalue weighted by molar-refractivity contribution is -0.137. The van der Waals surface area contributed by atoms with Crippen molar-refractivity contribution in [2.24, 2.45) is 0 Å². The van der Waals surface area contributed by atoms with Crippen molar-refractivity contribution in [3.8, 4) is 17.0 Å². The van der Waals surface area contributed by atoms with Crippen LogP contribution < -0.4 is 5.56 Å². The Hall–Kier alpha value is -3.30. The van der Waals surface area contributed by atoms with Gasteiger partial charge in [0.2, 0.25) is 5.91 Å². The molecule has 0 bridgehead atoms. The summed E-state index contributed by atoms with van der Waals surface area (Å²) in [6, 6.07) is 4.41. The number of alkyl halides is 3. The fourth-order valence-corrected chi connectivity index (χ4v) is 3.87. The summed E-state index contributed by atoms with van der Waals surface area (Å²) in [5, 5.41) is 13.5. The largest absolute Gasteiger partial charge is 0.507 e. The number of aromatic hydroxyl groups is 1. The molecule has 172 valence electrons. The quantitative estimate of drug-likeness (QED) is 0.611. The zero-order chi connectivity index (χ0) is 23.8. The van der Waals surface area contributed by atoms with E-state index >= 15 is 0 Å². The maximum absolute atomic E-state index is 13.0. The van der Waals surface area contributed by atoms with Crippen molar-refractivity contribution >= 4 is 16.9 Å². The average Bonchev–Trinajstić information content (AvgIpc) is 3.06. The molecule has 0 radical (unpaired) electrons. The van der Waals surface area contributed by atoms with Crippen molar-refractivity contribution in [3.63, 3.8) is 0 Å². The Morgan fingerprint density at radius 1 is 1.19 bits per heavy atom. The highest BCUT2D eigenvalue weighted by molar-refractivity contribution is 5.80. The number of halogens is 3. The number of phenols is 1. The van der Waals surface area contributed by atoms with Crippen LogP contribution in [0, 0.1) is 6.92 Å². The number of likely N-dealkylation sites (tertiary alicyclic amines) is 1. The van der Waals surface area contributed by atoms with E-state index in [2.05, 4.69) is 10.1 Å². The number of aromatic nitrogens is 3. The maximum Gasteiger partial charge on any atom is 0.416 e. The van der Waals surface area contributed by atoms with Crippen molar-refractivity contribution < 1.29 is 23.1 Å². The minimum absolute atomic E-state index is 0.0177. The third-order valence-electron chi connectivity index (χ3n) is 5.44. The Bertz CT molecular complexity index is 1190. The molecule has 1 unspecified atom stereocenters. The standard InChI is InChI=1S/C20H19F3N4O3.C2H6/c1-10-7-11(20(21,22)23)8-15(28)17(10)14-5-4-13-18(24-14)25-27(19(13)30)12-3-6-16(29)26(2)9-12;1-2/h4-5,7-8,12,28H,3,6,9H2,1-2H3,(H,24,25);1-2H3. The van der Waals surface area contributed by atoms with Crippen LogP contribution in [0.3, 0.4) is 0 Å². The number of rotatable bonds is 2. The van der Waals surface area contributed by atoms with E-state index in [0.717, 1.165) is 6.07 Å². The van der Waals surface area contributed by atoms with E-state index in [-0.39, 0.29) is 40.0 Å².